The summed E-state index contributed by atoms with van der Waals surface area (Å²) >= 11 is 5.77. The molecule has 138 valence electrons. The molecule has 1 aromatic heterocycles. The molecule has 2 rings (SSSR count). The molecule has 2 aromatic rings. The van der Waals surface area contributed by atoms with E-state index in [-0.39, 0.29) is 5.92 Å². The van der Waals surface area contributed by atoms with Gasteiger partial charge in [0.15, 0.2) is 6.10 Å². The molecule has 0 aliphatic heterocycles. The van der Waals surface area contributed by atoms with Gasteiger partial charge in [0.05, 0.1) is 10.9 Å². The largest absolute Gasteiger partial charge is 0.452 e. The van der Waals surface area contributed by atoms with Crippen LogP contribution in [-0.4, -0.2) is 23.0 Å². The molecule has 1 amide bonds. The van der Waals surface area contributed by atoms with Crippen LogP contribution in [0, 0.1) is 5.92 Å². The summed E-state index contributed by atoms with van der Waals surface area (Å²) in [5.74, 6) is -0.812. The molecule has 0 bridgehead atoms. The monoisotopic (exact) mass is 374 g/mol. The second-order valence-corrected chi connectivity index (χ2v) is 6.64. The van der Waals surface area contributed by atoms with E-state index in [1.54, 1.807) is 19.1 Å². The van der Waals surface area contributed by atoms with Gasteiger partial charge in [-0.1, -0.05) is 62.2 Å². The number of pyridine rings is 1. The van der Waals surface area contributed by atoms with Crippen molar-refractivity contribution in [3.8, 4) is 0 Å². The topological polar surface area (TPSA) is 68.3 Å². The summed E-state index contributed by atoms with van der Waals surface area (Å²) in [4.78, 5) is 29.0. The number of carbonyl (C=O) groups excluding carboxylic acids is 2. The summed E-state index contributed by atoms with van der Waals surface area (Å²) in [6, 6.07) is 12.7. The molecule has 0 saturated carbocycles. The number of amides is 1. The van der Waals surface area contributed by atoms with E-state index in [1.165, 1.54) is 6.20 Å². The quantitative estimate of drug-likeness (QED) is 0.727. The van der Waals surface area contributed by atoms with Crippen LogP contribution in [0.15, 0.2) is 48.7 Å². The first kappa shape index (κ1) is 19.9. The number of hydrogen-bond acceptors (Lipinski definition) is 4. The number of nitrogens with zero attached hydrogens (tertiary/aromatic N) is 1. The summed E-state index contributed by atoms with van der Waals surface area (Å²) < 4.78 is 5.44. The van der Waals surface area contributed by atoms with Crippen molar-refractivity contribution < 1.29 is 14.3 Å². The molecule has 3 atom stereocenters. The number of nitrogens with one attached hydrogen (secondary N) is 1. The number of ether oxygens (including phenoxy) is 1. The predicted octanol–water partition coefficient (Wildman–Crippen LogP) is 4.44. The Bertz CT molecular complexity index is 734. The average molecular weight is 375 g/mol. The lowest BCUT2D eigenvalue weighted by Gasteiger charge is -2.23. The van der Waals surface area contributed by atoms with Crippen molar-refractivity contribution >= 4 is 29.3 Å². The van der Waals surface area contributed by atoms with Crippen LogP contribution < -0.4 is 5.32 Å². The fourth-order valence-electron chi connectivity index (χ4n) is 2.57. The first-order chi connectivity index (χ1) is 12.4. The number of esters is 1. The lowest BCUT2D eigenvalue weighted by atomic mass is 9.85. The van der Waals surface area contributed by atoms with Crippen molar-refractivity contribution in [2.45, 2.75) is 39.2 Å². The van der Waals surface area contributed by atoms with E-state index in [2.05, 4.69) is 10.3 Å². The second-order valence-electron chi connectivity index (χ2n) is 6.20. The zero-order chi connectivity index (χ0) is 19.1. The summed E-state index contributed by atoms with van der Waals surface area (Å²) in [5, 5.41) is 3.08. The van der Waals surface area contributed by atoms with E-state index < -0.39 is 23.9 Å². The van der Waals surface area contributed by atoms with Crippen LogP contribution in [-0.2, 0) is 14.3 Å². The average Bonchev–Trinajstić information content (AvgIpc) is 2.64. The Morgan fingerprint density at radius 3 is 2.42 bits per heavy atom. The van der Waals surface area contributed by atoms with Gasteiger partial charge in [0, 0.05) is 6.20 Å². The minimum atomic E-state index is -0.935. The Labute approximate surface area is 158 Å². The molecule has 1 heterocycles. The van der Waals surface area contributed by atoms with Crippen LogP contribution >= 0.6 is 11.6 Å². The normalized spacial score (nSPS) is 14.2. The highest BCUT2D eigenvalue weighted by Crippen LogP contribution is 2.28. The van der Waals surface area contributed by atoms with Crippen LogP contribution in [0.5, 0.6) is 0 Å². The molecule has 26 heavy (non-hydrogen) atoms. The Kier molecular flexibility index (Phi) is 7.16. The second kappa shape index (κ2) is 9.34. The summed E-state index contributed by atoms with van der Waals surface area (Å²) in [5.41, 5.74) is 0.888. The Morgan fingerprint density at radius 2 is 1.85 bits per heavy atom. The van der Waals surface area contributed by atoms with Gasteiger partial charge in [-0.25, -0.2) is 4.98 Å². The van der Waals surface area contributed by atoms with Crippen LogP contribution in [0.1, 0.15) is 38.7 Å². The van der Waals surface area contributed by atoms with Crippen molar-refractivity contribution in [1.82, 2.24) is 4.98 Å². The zero-order valence-electron chi connectivity index (χ0n) is 15.1. The third-order valence-corrected chi connectivity index (χ3v) is 4.49. The molecule has 0 aliphatic rings. The van der Waals surface area contributed by atoms with Gasteiger partial charge >= 0.3 is 5.97 Å². The van der Waals surface area contributed by atoms with Crippen LogP contribution in [0.4, 0.5) is 5.82 Å². The maximum absolute atomic E-state index is 12.7. The molecule has 1 aromatic carbocycles. The molecule has 0 radical (unpaired) electrons. The molecule has 0 spiro atoms. The van der Waals surface area contributed by atoms with E-state index in [9.17, 15) is 9.59 Å². The Balaban J connectivity index is 2.05. The Hall–Kier alpha value is -2.40. The highest BCUT2D eigenvalue weighted by molar-refractivity contribution is 6.30. The maximum Gasteiger partial charge on any atom is 0.314 e. The summed E-state index contributed by atoms with van der Waals surface area (Å²) in [6.07, 6.45) is 1.32. The van der Waals surface area contributed by atoms with Crippen LogP contribution in [0.2, 0.25) is 5.02 Å². The molecule has 5 nitrogen and oxygen atoms in total. The molecule has 0 unspecified atom stereocenters. The van der Waals surface area contributed by atoms with Gasteiger partial charge in [-0.2, -0.15) is 0 Å². The molecule has 1 N–H and O–H groups in total. The number of hydrogen-bond donors (Lipinski definition) is 1. The van der Waals surface area contributed by atoms with Gasteiger partial charge in [-0.05, 0) is 30.5 Å². The number of benzene rings is 1. The Morgan fingerprint density at radius 1 is 1.15 bits per heavy atom. The SMILES string of the molecule is CC[C@@H](C)[C@H](C(=O)O[C@@H](C)C(=O)Nc1ccc(Cl)cn1)c1ccccc1. The van der Waals surface area contributed by atoms with E-state index in [0.717, 1.165) is 12.0 Å². The number of halogens is 1. The van der Waals surface area contributed by atoms with Crippen LogP contribution in [0.25, 0.3) is 0 Å². The van der Waals surface area contributed by atoms with Crippen molar-refractivity contribution in [2.75, 3.05) is 5.32 Å². The molecule has 6 heteroatoms. The standard InChI is InChI=1S/C20H23ClN2O3/c1-4-13(2)18(15-8-6-5-7-9-15)20(25)26-14(3)19(24)23-17-11-10-16(21)12-22-17/h5-14,18H,4H2,1-3H3,(H,22,23,24)/t13-,14+,18+/m1/s1. The van der Waals surface area contributed by atoms with E-state index >= 15 is 0 Å². The number of carbonyl (C=O) groups is 2. The van der Waals surface area contributed by atoms with Crippen LogP contribution in [0.3, 0.4) is 0 Å². The fourth-order valence-corrected chi connectivity index (χ4v) is 2.68. The summed E-state index contributed by atoms with van der Waals surface area (Å²) in [6.45, 7) is 5.57. The minimum absolute atomic E-state index is 0.0955. The summed E-state index contributed by atoms with van der Waals surface area (Å²) in [7, 11) is 0. The van der Waals surface area contributed by atoms with Gasteiger partial charge in [-0.15, -0.1) is 0 Å². The lowest BCUT2D eigenvalue weighted by molar-refractivity contribution is -0.155. The lowest BCUT2D eigenvalue weighted by Crippen LogP contribution is -2.33. The number of rotatable bonds is 7. The predicted molar refractivity (Wildman–Crippen MR) is 102 cm³/mol. The van der Waals surface area contributed by atoms with Gasteiger partial charge in [-0.3, -0.25) is 9.59 Å². The molecular formula is C20H23ClN2O3. The van der Waals surface area contributed by atoms with E-state index in [4.69, 9.17) is 16.3 Å². The number of aromatic nitrogens is 1. The van der Waals surface area contributed by atoms with E-state index in [0.29, 0.717) is 10.8 Å². The van der Waals surface area contributed by atoms with Crippen molar-refractivity contribution in [1.29, 1.82) is 0 Å². The first-order valence-corrected chi connectivity index (χ1v) is 8.98. The smallest absolute Gasteiger partial charge is 0.314 e. The highest BCUT2D eigenvalue weighted by atomic mass is 35.5. The molecule has 0 fully saturated rings. The zero-order valence-corrected chi connectivity index (χ0v) is 15.9. The fraction of sp³-hybridized carbons (Fsp3) is 0.350. The van der Waals surface area contributed by atoms with Crippen molar-refractivity contribution in [2.24, 2.45) is 5.92 Å². The maximum atomic E-state index is 12.7. The van der Waals surface area contributed by atoms with Gasteiger partial charge in [0.25, 0.3) is 5.91 Å². The van der Waals surface area contributed by atoms with E-state index in [1.807, 2.05) is 44.2 Å². The third kappa shape index (κ3) is 5.30. The molecule has 0 aliphatic carbocycles. The van der Waals surface area contributed by atoms with Gasteiger partial charge in [0.2, 0.25) is 0 Å². The minimum Gasteiger partial charge on any atom is -0.452 e. The van der Waals surface area contributed by atoms with Crippen molar-refractivity contribution in [3.05, 3.63) is 59.2 Å². The molecule has 0 saturated heterocycles. The highest BCUT2D eigenvalue weighted by Gasteiger charge is 2.30. The van der Waals surface area contributed by atoms with Gasteiger partial charge in [0.1, 0.15) is 5.82 Å². The van der Waals surface area contributed by atoms with Crippen molar-refractivity contribution in [3.63, 3.8) is 0 Å². The first-order valence-electron chi connectivity index (χ1n) is 8.60. The molecular weight excluding hydrogens is 352 g/mol. The third-order valence-electron chi connectivity index (χ3n) is 4.27. The number of anilines is 1. The van der Waals surface area contributed by atoms with Gasteiger partial charge < -0.3 is 10.1 Å².